The van der Waals surface area contributed by atoms with Gasteiger partial charge in [-0.15, -0.1) is 0 Å². The maximum absolute atomic E-state index is 5.67. The minimum atomic E-state index is 0.407. The zero-order valence-electron chi connectivity index (χ0n) is 10.4. The SMILES string of the molecule is CNC(c1ccccc1C)C1COC(C)C1. The molecule has 16 heavy (non-hydrogen) atoms. The second kappa shape index (κ2) is 4.98. The lowest BCUT2D eigenvalue weighted by atomic mass is 9.89. The fraction of sp³-hybridized carbons (Fsp3) is 0.571. The highest BCUT2D eigenvalue weighted by Crippen LogP contribution is 2.32. The fourth-order valence-corrected chi connectivity index (χ4v) is 2.66. The fourth-order valence-electron chi connectivity index (χ4n) is 2.66. The van der Waals surface area contributed by atoms with Crippen molar-refractivity contribution in [1.82, 2.24) is 5.32 Å². The van der Waals surface area contributed by atoms with Crippen LogP contribution in [0.25, 0.3) is 0 Å². The quantitative estimate of drug-likeness (QED) is 0.844. The van der Waals surface area contributed by atoms with Crippen molar-refractivity contribution in [2.75, 3.05) is 13.7 Å². The highest BCUT2D eigenvalue weighted by atomic mass is 16.5. The molecular weight excluding hydrogens is 198 g/mol. The second-order valence-corrected chi connectivity index (χ2v) is 4.76. The van der Waals surface area contributed by atoms with Crippen molar-refractivity contribution >= 4 is 0 Å². The molecule has 0 aliphatic carbocycles. The summed E-state index contributed by atoms with van der Waals surface area (Å²) in [6.07, 6.45) is 1.56. The zero-order chi connectivity index (χ0) is 11.5. The van der Waals surface area contributed by atoms with E-state index in [1.165, 1.54) is 11.1 Å². The molecule has 2 rings (SSSR count). The van der Waals surface area contributed by atoms with Gasteiger partial charge in [0.25, 0.3) is 0 Å². The summed E-state index contributed by atoms with van der Waals surface area (Å²) in [5.41, 5.74) is 2.77. The Morgan fingerprint density at radius 2 is 2.12 bits per heavy atom. The van der Waals surface area contributed by atoms with E-state index in [0.717, 1.165) is 13.0 Å². The van der Waals surface area contributed by atoms with Gasteiger partial charge in [0, 0.05) is 12.0 Å². The van der Waals surface area contributed by atoms with Gasteiger partial charge >= 0.3 is 0 Å². The first-order valence-electron chi connectivity index (χ1n) is 6.06. The lowest BCUT2D eigenvalue weighted by Crippen LogP contribution is -2.26. The molecule has 2 nitrogen and oxygen atoms in total. The van der Waals surface area contributed by atoms with Gasteiger partial charge in [0.05, 0.1) is 12.7 Å². The average molecular weight is 219 g/mol. The largest absolute Gasteiger partial charge is 0.378 e. The minimum Gasteiger partial charge on any atom is -0.378 e. The number of hydrogen-bond donors (Lipinski definition) is 1. The predicted octanol–water partition coefficient (Wildman–Crippen LogP) is 2.68. The van der Waals surface area contributed by atoms with E-state index in [1.807, 2.05) is 7.05 Å². The van der Waals surface area contributed by atoms with Crippen LogP contribution in [0.5, 0.6) is 0 Å². The van der Waals surface area contributed by atoms with Gasteiger partial charge in [-0.2, -0.15) is 0 Å². The maximum atomic E-state index is 5.67. The van der Waals surface area contributed by atoms with Crippen molar-refractivity contribution in [2.24, 2.45) is 5.92 Å². The third-order valence-corrected chi connectivity index (χ3v) is 3.54. The molecule has 0 amide bonds. The molecule has 0 spiro atoms. The monoisotopic (exact) mass is 219 g/mol. The summed E-state index contributed by atoms with van der Waals surface area (Å²) in [5.74, 6) is 0.598. The molecule has 0 aromatic heterocycles. The van der Waals surface area contributed by atoms with Crippen molar-refractivity contribution in [3.05, 3.63) is 35.4 Å². The van der Waals surface area contributed by atoms with Crippen molar-refractivity contribution in [3.8, 4) is 0 Å². The number of ether oxygens (including phenoxy) is 1. The van der Waals surface area contributed by atoms with Crippen LogP contribution in [0, 0.1) is 12.8 Å². The van der Waals surface area contributed by atoms with E-state index in [2.05, 4.69) is 43.4 Å². The molecule has 1 aromatic rings. The van der Waals surface area contributed by atoms with Crippen LogP contribution < -0.4 is 5.32 Å². The van der Waals surface area contributed by atoms with Crippen LogP contribution >= 0.6 is 0 Å². The number of nitrogens with one attached hydrogen (secondary N) is 1. The van der Waals surface area contributed by atoms with Crippen LogP contribution in [0.3, 0.4) is 0 Å². The van der Waals surface area contributed by atoms with Gasteiger partial charge < -0.3 is 10.1 Å². The Balaban J connectivity index is 2.19. The lowest BCUT2D eigenvalue weighted by molar-refractivity contribution is 0.117. The van der Waals surface area contributed by atoms with Gasteiger partial charge in [0.15, 0.2) is 0 Å². The van der Waals surface area contributed by atoms with E-state index >= 15 is 0 Å². The van der Waals surface area contributed by atoms with Crippen molar-refractivity contribution in [3.63, 3.8) is 0 Å². The Morgan fingerprint density at radius 1 is 1.38 bits per heavy atom. The summed E-state index contributed by atoms with van der Waals surface area (Å²) < 4.78 is 5.67. The third kappa shape index (κ3) is 2.28. The van der Waals surface area contributed by atoms with Crippen molar-refractivity contribution in [2.45, 2.75) is 32.4 Å². The van der Waals surface area contributed by atoms with E-state index in [9.17, 15) is 0 Å². The number of aryl methyl sites for hydroxylation is 1. The third-order valence-electron chi connectivity index (χ3n) is 3.54. The van der Waals surface area contributed by atoms with Gasteiger partial charge in [-0.1, -0.05) is 24.3 Å². The standard InChI is InChI=1S/C14H21NO/c1-10-6-4-5-7-13(10)14(15-3)12-8-11(2)16-9-12/h4-7,11-12,14-15H,8-9H2,1-3H3. The molecule has 0 bridgehead atoms. The minimum absolute atomic E-state index is 0.407. The predicted molar refractivity (Wildman–Crippen MR) is 66.5 cm³/mol. The van der Waals surface area contributed by atoms with Gasteiger partial charge in [-0.25, -0.2) is 0 Å². The van der Waals surface area contributed by atoms with Crippen LogP contribution in [-0.2, 0) is 4.74 Å². The molecule has 1 heterocycles. The zero-order valence-corrected chi connectivity index (χ0v) is 10.4. The summed E-state index contributed by atoms with van der Waals surface area (Å²) in [7, 11) is 2.04. The van der Waals surface area contributed by atoms with Crippen LogP contribution in [0.15, 0.2) is 24.3 Å². The Bertz CT molecular complexity index is 350. The molecule has 1 aromatic carbocycles. The van der Waals surface area contributed by atoms with Crippen LogP contribution in [0.1, 0.15) is 30.5 Å². The molecule has 0 radical (unpaired) electrons. The van der Waals surface area contributed by atoms with Crippen LogP contribution in [0.2, 0.25) is 0 Å². The molecule has 1 aliphatic heterocycles. The van der Waals surface area contributed by atoms with Crippen LogP contribution in [0.4, 0.5) is 0 Å². The summed E-state index contributed by atoms with van der Waals surface area (Å²) in [6.45, 7) is 5.21. The number of hydrogen-bond acceptors (Lipinski definition) is 2. The molecule has 2 heteroatoms. The van der Waals surface area contributed by atoms with Gasteiger partial charge in [0.1, 0.15) is 0 Å². The van der Waals surface area contributed by atoms with Gasteiger partial charge in [-0.05, 0) is 38.4 Å². The van der Waals surface area contributed by atoms with Gasteiger partial charge in [-0.3, -0.25) is 0 Å². The van der Waals surface area contributed by atoms with E-state index in [-0.39, 0.29) is 0 Å². The first kappa shape index (κ1) is 11.6. The first-order chi connectivity index (χ1) is 7.72. The molecule has 3 unspecified atom stereocenters. The average Bonchev–Trinajstić information content (AvgIpc) is 2.69. The number of benzene rings is 1. The van der Waals surface area contributed by atoms with Gasteiger partial charge in [0.2, 0.25) is 0 Å². The normalized spacial score (nSPS) is 26.9. The highest BCUT2D eigenvalue weighted by Gasteiger charge is 2.30. The summed E-state index contributed by atoms with van der Waals surface area (Å²) >= 11 is 0. The highest BCUT2D eigenvalue weighted by molar-refractivity contribution is 5.29. The van der Waals surface area contributed by atoms with E-state index in [4.69, 9.17) is 4.74 Å². The lowest BCUT2D eigenvalue weighted by Gasteiger charge is -2.24. The Labute approximate surface area is 98.0 Å². The summed E-state index contributed by atoms with van der Waals surface area (Å²) in [5, 5.41) is 3.44. The van der Waals surface area contributed by atoms with E-state index < -0.39 is 0 Å². The van der Waals surface area contributed by atoms with Crippen molar-refractivity contribution < 1.29 is 4.74 Å². The molecule has 1 aliphatic rings. The Hall–Kier alpha value is -0.860. The molecular formula is C14H21NO. The topological polar surface area (TPSA) is 21.3 Å². The summed E-state index contributed by atoms with van der Waals surface area (Å²) in [6, 6.07) is 9.04. The van der Waals surface area contributed by atoms with E-state index in [1.54, 1.807) is 0 Å². The molecule has 1 N–H and O–H groups in total. The molecule has 1 fully saturated rings. The maximum Gasteiger partial charge on any atom is 0.0551 e. The number of rotatable bonds is 3. The molecule has 88 valence electrons. The Kier molecular flexibility index (Phi) is 3.62. The van der Waals surface area contributed by atoms with Crippen molar-refractivity contribution in [1.29, 1.82) is 0 Å². The first-order valence-corrected chi connectivity index (χ1v) is 6.06. The second-order valence-electron chi connectivity index (χ2n) is 4.76. The smallest absolute Gasteiger partial charge is 0.0551 e. The Morgan fingerprint density at radius 3 is 2.69 bits per heavy atom. The molecule has 0 saturated carbocycles. The summed E-state index contributed by atoms with van der Waals surface area (Å²) in [4.78, 5) is 0. The van der Waals surface area contributed by atoms with E-state index in [0.29, 0.717) is 18.1 Å². The molecule has 1 saturated heterocycles. The van der Waals surface area contributed by atoms with Crippen LogP contribution in [-0.4, -0.2) is 19.8 Å². The molecule has 3 atom stereocenters.